The Labute approximate surface area is 155 Å². The molecule has 0 radical (unpaired) electrons. The summed E-state index contributed by atoms with van der Waals surface area (Å²) < 4.78 is 0. The summed E-state index contributed by atoms with van der Waals surface area (Å²) in [7, 11) is 0. The number of hydrogen-bond acceptors (Lipinski definition) is 2. The van der Waals surface area contributed by atoms with Crippen molar-refractivity contribution in [1.82, 2.24) is 9.88 Å². The van der Waals surface area contributed by atoms with E-state index in [1.165, 1.54) is 22.2 Å². The third-order valence-electron chi connectivity index (χ3n) is 4.53. The number of aromatic amines is 1. The molecule has 1 aliphatic rings. The average molecular weight is 364 g/mol. The molecule has 0 atom stereocenters. The molecule has 4 rings (SSSR count). The molecule has 0 saturated carbocycles. The van der Waals surface area contributed by atoms with Crippen LogP contribution in [0.2, 0.25) is 0 Å². The van der Waals surface area contributed by atoms with E-state index in [1.54, 1.807) is 0 Å². The van der Waals surface area contributed by atoms with Crippen molar-refractivity contribution in [2.45, 2.75) is 6.54 Å². The van der Waals surface area contributed by atoms with Crippen LogP contribution in [0.1, 0.15) is 5.56 Å². The largest absolute Gasteiger partial charge is 0.368 e. The smallest absolute Gasteiger partial charge is 0.0474 e. The normalized spacial score (nSPS) is 14.9. The van der Waals surface area contributed by atoms with Gasteiger partial charge in [0, 0.05) is 55.5 Å². The zero-order chi connectivity index (χ0) is 14.8. The molecule has 1 N–H and O–H groups in total. The van der Waals surface area contributed by atoms with Gasteiger partial charge in [0.1, 0.15) is 0 Å². The first-order valence-corrected chi connectivity index (χ1v) is 7.97. The summed E-state index contributed by atoms with van der Waals surface area (Å²) >= 11 is 0. The fraction of sp³-hybridized carbons (Fsp3) is 0.263. The maximum Gasteiger partial charge on any atom is 0.0474 e. The summed E-state index contributed by atoms with van der Waals surface area (Å²) in [5.41, 5.74) is 3.99. The van der Waals surface area contributed by atoms with E-state index in [-0.39, 0.29) is 24.8 Å². The van der Waals surface area contributed by atoms with Gasteiger partial charge in [-0.1, -0.05) is 36.4 Å². The van der Waals surface area contributed by atoms with Gasteiger partial charge in [-0.25, -0.2) is 0 Å². The molecule has 0 unspecified atom stereocenters. The highest BCUT2D eigenvalue weighted by Crippen LogP contribution is 2.27. The molecule has 1 aromatic heterocycles. The number of fused-ring (bicyclic) bond motifs is 1. The van der Waals surface area contributed by atoms with Gasteiger partial charge in [0.05, 0.1) is 0 Å². The van der Waals surface area contributed by atoms with E-state index >= 15 is 0 Å². The van der Waals surface area contributed by atoms with Gasteiger partial charge in [-0.05, 0) is 23.8 Å². The Kier molecular flexibility index (Phi) is 6.55. The van der Waals surface area contributed by atoms with Gasteiger partial charge < -0.3 is 9.88 Å². The first kappa shape index (κ1) is 18.7. The quantitative estimate of drug-likeness (QED) is 0.747. The first-order chi connectivity index (χ1) is 10.9. The third-order valence-corrected chi connectivity index (χ3v) is 4.53. The van der Waals surface area contributed by atoms with Crippen molar-refractivity contribution < 1.29 is 0 Å². The van der Waals surface area contributed by atoms with E-state index < -0.39 is 0 Å². The van der Waals surface area contributed by atoms with Gasteiger partial charge in [-0.3, -0.25) is 4.90 Å². The molecule has 1 fully saturated rings. The van der Waals surface area contributed by atoms with Crippen molar-refractivity contribution in [1.29, 1.82) is 0 Å². The molecule has 5 heteroatoms. The Bertz CT molecular complexity index is 749. The Morgan fingerprint density at radius 3 is 2.29 bits per heavy atom. The summed E-state index contributed by atoms with van der Waals surface area (Å²) in [6.07, 6.45) is 2.03. The minimum Gasteiger partial charge on any atom is -0.368 e. The maximum absolute atomic E-state index is 3.30. The molecule has 0 bridgehead atoms. The summed E-state index contributed by atoms with van der Waals surface area (Å²) in [5, 5.41) is 1.33. The average Bonchev–Trinajstić information content (AvgIpc) is 3.05. The fourth-order valence-electron chi connectivity index (χ4n) is 3.33. The number of benzene rings is 2. The number of nitrogens with zero attached hydrogens (tertiary/aromatic N) is 2. The summed E-state index contributed by atoms with van der Waals surface area (Å²) in [6, 6.07) is 19.5. The third kappa shape index (κ3) is 3.86. The lowest BCUT2D eigenvalue weighted by Gasteiger charge is -2.36. The van der Waals surface area contributed by atoms with E-state index in [4.69, 9.17) is 0 Å². The van der Waals surface area contributed by atoms with Crippen LogP contribution in [0.5, 0.6) is 0 Å². The number of halogens is 2. The summed E-state index contributed by atoms with van der Waals surface area (Å²) in [6.45, 7) is 5.49. The molecule has 0 spiro atoms. The highest BCUT2D eigenvalue weighted by atomic mass is 35.5. The van der Waals surface area contributed by atoms with E-state index in [2.05, 4.69) is 69.4 Å². The molecule has 2 aromatic carbocycles. The highest BCUT2D eigenvalue weighted by Gasteiger charge is 2.18. The second-order valence-corrected chi connectivity index (χ2v) is 5.96. The van der Waals surface area contributed by atoms with Crippen LogP contribution in [0.25, 0.3) is 10.9 Å². The van der Waals surface area contributed by atoms with Crippen LogP contribution in [-0.4, -0.2) is 36.1 Å². The number of hydrogen-bond donors (Lipinski definition) is 1. The van der Waals surface area contributed by atoms with E-state index in [0.29, 0.717) is 0 Å². The number of rotatable bonds is 3. The fourth-order valence-corrected chi connectivity index (χ4v) is 3.33. The van der Waals surface area contributed by atoms with Crippen molar-refractivity contribution in [3.63, 3.8) is 0 Å². The number of H-pyrrole nitrogens is 1. The monoisotopic (exact) mass is 363 g/mol. The summed E-state index contributed by atoms with van der Waals surface area (Å²) in [4.78, 5) is 8.36. The second kappa shape index (κ2) is 8.43. The predicted molar refractivity (Wildman–Crippen MR) is 107 cm³/mol. The van der Waals surface area contributed by atoms with Crippen LogP contribution in [0.3, 0.4) is 0 Å². The maximum atomic E-state index is 3.30. The Hall–Kier alpha value is -1.68. The minimum absolute atomic E-state index is 0. The van der Waals surface area contributed by atoms with Crippen molar-refractivity contribution in [2.75, 3.05) is 31.1 Å². The lowest BCUT2D eigenvalue weighted by atomic mass is 10.1. The van der Waals surface area contributed by atoms with E-state index in [0.717, 1.165) is 32.7 Å². The molecule has 3 nitrogen and oxygen atoms in total. The molecule has 128 valence electrons. The lowest BCUT2D eigenvalue weighted by molar-refractivity contribution is 0.250. The molecule has 1 aliphatic heterocycles. The first-order valence-electron chi connectivity index (χ1n) is 7.97. The molecule has 3 aromatic rings. The van der Waals surface area contributed by atoms with Crippen LogP contribution in [-0.2, 0) is 6.54 Å². The SMILES string of the molecule is Cl.Cl.c1ccc(CN2CCN(c3cccc4[nH]ccc34)CC2)cc1. The Balaban J connectivity index is 0.00000104. The zero-order valence-electron chi connectivity index (χ0n) is 13.5. The van der Waals surface area contributed by atoms with Crippen LogP contribution in [0.4, 0.5) is 5.69 Å². The van der Waals surface area contributed by atoms with Gasteiger partial charge in [0.2, 0.25) is 0 Å². The van der Waals surface area contributed by atoms with Crippen LogP contribution >= 0.6 is 24.8 Å². The molecule has 2 heterocycles. The molecular weight excluding hydrogens is 341 g/mol. The van der Waals surface area contributed by atoms with E-state index in [9.17, 15) is 0 Å². The van der Waals surface area contributed by atoms with Gasteiger partial charge >= 0.3 is 0 Å². The van der Waals surface area contributed by atoms with Gasteiger partial charge in [0.25, 0.3) is 0 Å². The lowest BCUT2D eigenvalue weighted by Crippen LogP contribution is -2.46. The van der Waals surface area contributed by atoms with Crippen LogP contribution < -0.4 is 4.90 Å². The highest BCUT2D eigenvalue weighted by molar-refractivity contribution is 5.92. The van der Waals surface area contributed by atoms with Crippen molar-refractivity contribution in [3.8, 4) is 0 Å². The van der Waals surface area contributed by atoms with Crippen molar-refractivity contribution >= 4 is 41.4 Å². The molecule has 1 saturated heterocycles. The zero-order valence-corrected chi connectivity index (χ0v) is 15.2. The molecule has 0 aliphatic carbocycles. The van der Waals surface area contributed by atoms with Crippen molar-refractivity contribution in [2.24, 2.45) is 0 Å². The molecular formula is C19H23Cl2N3. The second-order valence-electron chi connectivity index (χ2n) is 5.96. The Morgan fingerprint density at radius 1 is 0.792 bits per heavy atom. The van der Waals surface area contributed by atoms with Crippen LogP contribution in [0, 0.1) is 0 Å². The van der Waals surface area contributed by atoms with Crippen molar-refractivity contribution in [3.05, 3.63) is 66.4 Å². The number of anilines is 1. The van der Waals surface area contributed by atoms with Gasteiger partial charge in [0.15, 0.2) is 0 Å². The minimum atomic E-state index is 0. The van der Waals surface area contributed by atoms with Gasteiger partial charge in [-0.2, -0.15) is 0 Å². The molecule has 0 amide bonds. The predicted octanol–water partition coefficient (Wildman–Crippen LogP) is 4.33. The van der Waals surface area contributed by atoms with Gasteiger partial charge in [-0.15, -0.1) is 24.8 Å². The number of nitrogens with one attached hydrogen (secondary N) is 1. The van der Waals surface area contributed by atoms with Crippen LogP contribution in [0.15, 0.2) is 60.8 Å². The number of piperazine rings is 1. The number of aromatic nitrogens is 1. The Morgan fingerprint density at radius 2 is 1.54 bits per heavy atom. The standard InChI is InChI=1S/C19H21N3.2ClH/c1-2-5-16(6-3-1)15-21-11-13-22(14-12-21)19-8-4-7-18-17(19)9-10-20-18;;/h1-10,20H,11-15H2;2*1H. The summed E-state index contributed by atoms with van der Waals surface area (Å²) in [5.74, 6) is 0. The molecule has 24 heavy (non-hydrogen) atoms. The topological polar surface area (TPSA) is 22.3 Å². The van der Waals surface area contributed by atoms with E-state index in [1.807, 2.05) is 6.20 Å².